The minimum atomic E-state index is -1.08. The quantitative estimate of drug-likeness (QED) is 0.691. The van der Waals surface area contributed by atoms with Crippen LogP contribution in [0.2, 0.25) is 0 Å². The van der Waals surface area contributed by atoms with Crippen molar-refractivity contribution in [3.05, 3.63) is 15.8 Å². The van der Waals surface area contributed by atoms with Crippen molar-refractivity contribution < 1.29 is 24.6 Å². The Morgan fingerprint density at radius 1 is 1.19 bits per heavy atom. The van der Waals surface area contributed by atoms with Crippen LogP contribution < -0.4 is 4.90 Å². The molecule has 8 heteroatoms. The van der Waals surface area contributed by atoms with Crippen LogP contribution in [-0.2, 0) is 15.0 Å². The highest BCUT2D eigenvalue weighted by atomic mass is 32.1. The molecule has 0 aromatic carbocycles. The number of aliphatic hydroxyl groups is 1. The van der Waals surface area contributed by atoms with Crippen LogP contribution in [0.3, 0.4) is 0 Å². The zero-order valence-corrected chi connectivity index (χ0v) is 19.7. The molecule has 31 heavy (non-hydrogen) atoms. The fraction of sp³-hybridized carbons (Fsp3) is 0.696. The summed E-state index contributed by atoms with van der Waals surface area (Å²) in [6, 6.07) is 1.07. The lowest BCUT2D eigenvalue weighted by Gasteiger charge is -2.34. The molecule has 2 heterocycles. The van der Waals surface area contributed by atoms with Gasteiger partial charge in [-0.3, -0.25) is 14.5 Å². The van der Waals surface area contributed by atoms with Gasteiger partial charge in [-0.05, 0) is 49.5 Å². The van der Waals surface area contributed by atoms with Crippen LogP contribution in [0.25, 0.3) is 0 Å². The van der Waals surface area contributed by atoms with E-state index in [1.165, 1.54) is 16.2 Å². The Balaban J connectivity index is 2.04. The topological polar surface area (TPSA) is 98.2 Å². The molecule has 1 atom stereocenters. The number of carboxylic acid groups (broad SMARTS) is 1. The van der Waals surface area contributed by atoms with Crippen LogP contribution in [0.15, 0.2) is 6.07 Å². The average molecular weight is 451 g/mol. The summed E-state index contributed by atoms with van der Waals surface area (Å²) >= 11 is 1.18. The predicted octanol–water partition coefficient (Wildman–Crippen LogP) is 3.50. The van der Waals surface area contributed by atoms with E-state index in [4.69, 9.17) is 0 Å². The zero-order chi connectivity index (χ0) is 22.9. The zero-order valence-electron chi connectivity index (χ0n) is 18.9. The number of hydrogen-bond acceptors (Lipinski definition) is 5. The number of thiophene rings is 1. The largest absolute Gasteiger partial charge is 0.477 e. The van der Waals surface area contributed by atoms with E-state index >= 15 is 0 Å². The van der Waals surface area contributed by atoms with E-state index in [0.717, 1.165) is 30.6 Å². The second-order valence-electron chi connectivity index (χ2n) is 9.90. The molecule has 7 nitrogen and oxygen atoms in total. The van der Waals surface area contributed by atoms with Crippen molar-refractivity contribution in [2.75, 3.05) is 24.6 Å². The van der Waals surface area contributed by atoms with Crippen molar-refractivity contribution in [3.63, 3.8) is 0 Å². The van der Waals surface area contributed by atoms with Crippen molar-refractivity contribution in [1.82, 2.24) is 4.90 Å². The molecule has 1 saturated heterocycles. The number of β-amino-alcohol motifs (C(OH)–C–C–N with tert-alkyl or cyclic N) is 1. The lowest BCUT2D eigenvalue weighted by atomic mass is 9.82. The molecule has 0 spiro atoms. The maximum absolute atomic E-state index is 13.8. The maximum atomic E-state index is 13.8. The van der Waals surface area contributed by atoms with Crippen molar-refractivity contribution in [2.24, 2.45) is 11.8 Å². The van der Waals surface area contributed by atoms with Gasteiger partial charge in [0.05, 0.1) is 12.3 Å². The number of carbonyl (C=O) groups excluding carboxylic acids is 2. The van der Waals surface area contributed by atoms with Crippen molar-refractivity contribution in [2.45, 2.75) is 71.3 Å². The number of carbonyl (C=O) groups is 3. The van der Waals surface area contributed by atoms with Crippen molar-refractivity contribution >= 4 is 34.8 Å². The first kappa shape index (κ1) is 23.7. The molecule has 2 fully saturated rings. The molecule has 1 aliphatic heterocycles. The number of carboxylic acids is 1. The van der Waals surface area contributed by atoms with E-state index in [9.17, 15) is 24.6 Å². The van der Waals surface area contributed by atoms with Gasteiger partial charge in [-0.1, -0.05) is 27.7 Å². The molecule has 1 saturated carbocycles. The van der Waals surface area contributed by atoms with Crippen LogP contribution >= 0.6 is 11.3 Å². The monoisotopic (exact) mass is 450 g/mol. The summed E-state index contributed by atoms with van der Waals surface area (Å²) in [5.74, 6) is -1.06. The van der Waals surface area contributed by atoms with Gasteiger partial charge in [0.25, 0.3) is 0 Å². The van der Waals surface area contributed by atoms with Crippen molar-refractivity contribution in [1.29, 1.82) is 0 Å². The van der Waals surface area contributed by atoms with Gasteiger partial charge in [0, 0.05) is 23.9 Å². The minimum absolute atomic E-state index is 0.107. The molecule has 2 N–H and O–H groups in total. The standard InChI is InChI=1S/C23H34N2O5S/c1-14-5-7-15(8-6-14)20(27)25(16-9-10-24(11-12-26)21(16)28)17-13-18(23(2,3)4)31-19(17)22(29)30/h13-16,26H,5-12H2,1-4H3,(H,29,30)/t14-,15-,16-/m0/s1. The maximum Gasteiger partial charge on any atom is 0.348 e. The van der Waals surface area contributed by atoms with Gasteiger partial charge in [0.1, 0.15) is 10.9 Å². The summed E-state index contributed by atoms with van der Waals surface area (Å²) in [7, 11) is 0. The Labute approximate surface area is 188 Å². The average Bonchev–Trinajstić information content (AvgIpc) is 3.29. The number of amides is 2. The highest BCUT2D eigenvalue weighted by Gasteiger charge is 2.43. The fourth-order valence-corrected chi connectivity index (χ4v) is 5.58. The Morgan fingerprint density at radius 2 is 1.84 bits per heavy atom. The second-order valence-corrected chi connectivity index (χ2v) is 11.0. The Bertz CT molecular complexity index is 836. The van der Waals surface area contributed by atoms with Gasteiger partial charge in [-0.2, -0.15) is 0 Å². The molecular formula is C23H34N2O5S. The molecule has 172 valence electrons. The third-order valence-corrected chi connectivity index (χ3v) is 8.00. The SMILES string of the molecule is CC(C)(C)c1cc(N(C(=O)[C@H]2CC[C@H](C)CC2)[C@H]2CCN(CCO)C2=O)c(C(=O)O)s1. The highest BCUT2D eigenvalue weighted by Crippen LogP contribution is 2.41. The Hall–Kier alpha value is -1.93. The number of nitrogens with zero attached hydrogens (tertiary/aromatic N) is 2. The number of aromatic carboxylic acids is 1. The van der Waals surface area contributed by atoms with E-state index in [0.29, 0.717) is 24.6 Å². The molecule has 2 aliphatic rings. The molecule has 1 aliphatic carbocycles. The van der Waals surface area contributed by atoms with E-state index < -0.39 is 12.0 Å². The molecule has 1 aromatic rings. The first-order chi connectivity index (χ1) is 14.5. The summed E-state index contributed by atoms with van der Waals surface area (Å²) in [4.78, 5) is 43.0. The van der Waals surface area contributed by atoms with Gasteiger partial charge < -0.3 is 15.1 Å². The molecule has 0 unspecified atom stereocenters. The van der Waals surface area contributed by atoms with E-state index in [1.807, 2.05) is 20.8 Å². The smallest absolute Gasteiger partial charge is 0.348 e. The van der Waals surface area contributed by atoms with Gasteiger partial charge in [-0.25, -0.2) is 4.79 Å². The van der Waals surface area contributed by atoms with E-state index in [-0.39, 0.29) is 41.2 Å². The summed E-state index contributed by atoms with van der Waals surface area (Å²) < 4.78 is 0. The van der Waals surface area contributed by atoms with Crippen molar-refractivity contribution in [3.8, 4) is 0 Å². The Morgan fingerprint density at radius 3 is 2.39 bits per heavy atom. The van der Waals surface area contributed by atoms with Crippen LogP contribution in [0.4, 0.5) is 5.69 Å². The van der Waals surface area contributed by atoms with Gasteiger partial charge in [0.15, 0.2) is 0 Å². The lowest BCUT2D eigenvalue weighted by molar-refractivity contribution is -0.132. The minimum Gasteiger partial charge on any atom is -0.477 e. The second kappa shape index (κ2) is 9.28. The van der Waals surface area contributed by atoms with E-state index in [2.05, 4.69) is 6.92 Å². The van der Waals surface area contributed by atoms with Gasteiger partial charge in [0.2, 0.25) is 11.8 Å². The highest BCUT2D eigenvalue weighted by molar-refractivity contribution is 7.14. The van der Waals surface area contributed by atoms with Crippen LogP contribution in [0.1, 0.15) is 74.3 Å². The molecule has 0 bridgehead atoms. The number of anilines is 1. The van der Waals surface area contributed by atoms with Gasteiger partial charge >= 0.3 is 5.97 Å². The summed E-state index contributed by atoms with van der Waals surface area (Å²) in [5.41, 5.74) is 0.0697. The number of aliphatic hydroxyl groups excluding tert-OH is 1. The summed E-state index contributed by atoms with van der Waals surface area (Å²) in [5, 5.41) is 19.2. The van der Waals surface area contributed by atoms with Crippen LogP contribution in [0.5, 0.6) is 0 Å². The Kier molecular flexibility index (Phi) is 7.11. The number of rotatable bonds is 6. The van der Waals surface area contributed by atoms with E-state index in [1.54, 1.807) is 11.0 Å². The number of hydrogen-bond donors (Lipinski definition) is 2. The normalized spacial score (nSPS) is 24.5. The van der Waals surface area contributed by atoms with Crippen LogP contribution in [-0.4, -0.2) is 58.6 Å². The molecule has 0 radical (unpaired) electrons. The van der Waals surface area contributed by atoms with Gasteiger partial charge in [-0.15, -0.1) is 11.3 Å². The molecule has 1 aromatic heterocycles. The molecular weight excluding hydrogens is 416 g/mol. The lowest BCUT2D eigenvalue weighted by Crippen LogP contribution is -2.49. The van der Waals surface area contributed by atoms with Crippen LogP contribution in [0, 0.1) is 11.8 Å². The fourth-order valence-electron chi connectivity index (χ4n) is 4.53. The first-order valence-electron chi connectivity index (χ1n) is 11.1. The summed E-state index contributed by atoms with van der Waals surface area (Å²) in [6.07, 6.45) is 3.88. The third-order valence-electron chi connectivity index (χ3n) is 6.46. The molecule has 2 amide bonds. The third kappa shape index (κ3) is 4.95. The predicted molar refractivity (Wildman–Crippen MR) is 121 cm³/mol. The molecule has 3 rings (SSSR count). The summed E-state index contributed by atoms with van der Waals surface area (Å²) in [6.45, 7) is 8.74. The number of likely N-dealkylation sites (tertiary alicyclic amines) is 1. The first-order valence-corrected chi connectivity index (χ1v) is 12.0.